The van der Waals surface area contributed by atoms with Crippen molar-refractivity contribution in [2.75, 3.05) is 6.54 Å². The van der Waals surface area contributed by atoms with E-state index in [0.29, 0.717) is 13.0 Å². The lowest BCUT2D eigenvalue weighted by Crippen LogP contribution is -2.48. The van der Waals surface area contributed by atoms with Crippen LogP contribution in [0.5, 0.6) is 0 Å². The number of nitrogens with one attached hydrogen (secondary N) is 1. The molecule has 0 unspecified atom stereocenters. The van der Waals surface area contributed by atoms with Crippen LogP contribution in [0.2, 0.25) is 0 Å². The molecule has 2 rings (SSSR count). The Morgan fingerprint density at radius 2 is 2.31 bits per heavy atom. The molecule has 0 aliphatic carbocycles. The van der Waals surface area contributed by atoms with Gasteiger partial charge in [0, 0.05) is 6.54 Å². The number of carbonyl (C=O) groups is 2. The van der Waals surface area contributed by atoms with E-state index >= 15 is 0 Å². The molecule has 0 bridgehead atoms. The van der Waals surface area contributed by atoms with Crippen molar-refractivity contribution in [2.45, 2.75) is 25.3 Å². The van der Waals surface area contributed by atoms with Crippen molar-refractivity contribution in [3.63, 3.8) is 0 Å². The van der Waals surface area contributed by atoms with Crippen molar-refractivity contribution in [3.05, 3.63) is 11.9 Å². The quantitative estimate of drug-likeness (QED) is 0.729. The molecule has 1 aliphatic heterocycles. The molecule has 0 spiro atoms. The molecule has 0 aromatic carbocycles. The summed E-state index contributed by atoms with van der Waals surface area (Å²) in [6.45, 7) is 0.461. The summed E-state index contributed by atoms with van der Waals surface area (Å²) in [6.07, 6.45) is 3.46. The predicted molar refractivity (Wildman–Crippen MR) is 52.7 cm³/mol. The molecule has 1 fully saturated rings. The third kappa shape index (κ3) is 1.88. The molecule has 1 aliphatic rings. The maximum absolute atomic E-state index is 11.9. The smallest absolute Gasteiger partial charge is 0.326 e. The second-order valence-corrected chi connectivity index (χ2v) is 3.70. The largest absolute Gasteiger partial charge is 0.480 e. The van der Waals surface area contributed by atoms with E-state index in [1.165, 1.54) is 11.1 Å². The van der Waals surface area contributed by atoms with Gasteiger partial charge in [0.2, 0.25) is 0 Å². The summed E-state index contributed by atoms with van der Waals surface area (Å²) in [5.74, 6) is -1.34. The first-order chi connectivity index (χ1) is 7.70. The van der Waals surface area contributed by atoms with Gasteiger partial charge in [-0.15, -0.1) is 0 Å². The molecule has 86 valence electrons. The lowest BCUT2D eigenvalue weighted by atomic mass is 10.0. The predicted octanol–water partition coefficient (Wildman–Crippen LogP) is -0.116. The van der Waals surface area contributed by atoms with Crippen molar-refractivity contribution < 1.29 is 14.7 Å². The first-order valence-corrected chi connectivity index (χ1v) is 5.09. The molecule has 1 atom stereocenters. The van der Waals surface area contributed by atoms with Crippen molar-refractivity contribution in [3.8, 4) is 0 Å². The fourth-order valence-electron chi connectivity index (χ4n) is 1.88. The number of H-pyrrole nitrogens is 1. The van der Waals surface area contributed by atoms with Gasteiger partial charge in [-0.1, -0.05) is 0 Å². The number of aromatic amines is 1. The zero-order valence-corrected chi connectivity index (χ0v) is 8.59. The van der Waals surface area contributed by atoms with Crippen LogP contribution in [0.4, 0.5) is 0 Å². The summed E-state index contributed by atoms with van der Waals surface area (Å²) in [7, 11) is 0. The Morgan fingerprint density at radius 1 is 1.50 bits per heavy atom. The van der Waals surface area contributed by atoms with E-state index in [2.05, 4.69) is 15.4 Å². The number of amides is 1. The van der Waals surface area contributed by atoms with Gasteiger partial charge >= 0.3 is 5.97 Å². The molecule has 0 radical (unpaired) electrons. The SMILES string of the molecule is O=C(O)[C@H]1CCCCN1C(=O)c1cn[nH]n1. The summed E-state index contributed by atoms with van der Waals surface area (Å²) in [6, 6.07) is -0.738. The molecule has 0 saturated carbocycles. The van der Waals surface area contributed by atoms with Crippen LogP contribution < -0.4 is 0 Å². The Kier molecular flexibility index (Phi) is 2.84. The van der Waals surface area contributed by atoms with Crippen LogP contribution in [0.1, 0.15) is 29.8 Å². The molecule has 1 aromatic rings. The van der Waals surface area contributed by atoms with Crippen LogP contribution in [0.15, 0.2) is 6.20 Å². The summed E-state index contributed by atoms with van der Waals surface area (Å²) < 4.78 is 0. The molecule has 1 amide bonds. The van der Waals surface area contributed by atoms with E-state index in [0.717, 1.165) is 12.8 Å². The maximum atomic E-state index is 11.9. The van der Waals surface area contributed by atoms with Crippen molar-refractivity contribution in [2.24, 2.45) is 0 Å². The Morgan fingerprint density at radius 3 is 2.94 bits per heavy atom. The summed E-state index contributed by atoms with van der Waals surface area (Å²) >= 11 is 0. The monoisotopic (exact) mass is 224 g/mol. The molecule has 7 nitrogen and oxygen atoms in total. The number of nitrogens with zero attached hydrogens (tertiary/aromatic N) is 3. The van der Waals surface area contributed by atoms with Gasteiger partial charge in [0.05, 0.1) is 6.20 Å². The molecular formula is C9H12N4O3. The standard InChI is InChI=1S/C9H12N4O3/c14-8(6-5-10-12-11-6)13-4-2-1-3-7(13)9(15)16/h5,7H,1-4H2,(H,15,16)(H,10,11,12)/t7-/m1/s1. The minimum Gasteiger partial charge on any atom is -0.480 e. The second-order valence-electron chi connectivity index (χ2n) is 3.70. The minimum absolute atomic E-state index is 0.160. The van der Waals surface area contributed by atoms with E-state index in [1.807, 2.05) is 0 Å². The van der Waals surface area contributed by atoms with Crippen LogP contribution in [-0.2, 0) is 4.79 Å². The molecule has 7 heteroatoms. The van der Waals surface area contributed by atoms with E-state index in [9.17, 15) is 9.59 Å². The zero-order chi connectivity index (χ0) is 11.5. The molecular weight excluding hydrogens is 212 g/mol. The molecule has 16 heavy (non-hydrogen) atoms. The highest BCUT2D eigenvalue weighted by Crippen LogP contribution is 2.18. The fourth-order valence-corrected chi connectivity index (χ4v) is 1.88. The molecule has 1 saturated heterocycles. The van der Waals surface area contributed by atoms with Gasteiger partial charge in [0.1, 0.15) is 6.04 Å². The van der Waals surface area contributed by atoms with Crippen LogP contribution in [0.25, 0.3) is 0 Å². The number of aromatic nitrogens is 3. The van der Waals surface area contributed by atoms with Gasteiger partial charge in [-0.05, 0) is 19.3 Å². The van der Waals surface area contributed by atoms with Gasteiger partial charge in [-0.25, -0.2) is 4.79 Å². The number of hydrogen-bond acceptors (Lipinski definition) is 4. The van der Waals surface area contributed by atoms with Gasteiger partial charge in [0.15, 0.2) is 5.69 Å². The number of piperidine rings is 1. The molecule has 1 aromatic heterocycles. The minimum atomic E-state index is -0.962. The highest BCUT2D eigenvalue weighted by Gasteiger charge is 2.33. The van der Waals surface area contributed by atoms with Gasteiger partial charge in [0.25, 0.3) is 5.91 Å². The summed E-state index contributed by atoms with van der Waals surface area (Å²) in [5, 5.41) is 18.6. The highest BCUT2D eigenvalue weighted by molar-refractivity contribution is 5.94. The highest BCUT2D eigenvalue weighted by atomic mass is 16.4. The molecule has 2 N–H and O–H groups in total. The van der Waals surface area contributed by atoms with Crippen LogP contribution in [0.3, 0.4) is 0 Å². The van der Waals surface area contributed by atoms with Gasteiger partial charge in [-0.2, -0.15) is 15.4 Å². The number of likely N-dealkylation sites (tertiary alicyclic amines) is 1. The lowest BCUT2D eigenvalue weighted by Gasteiger charge is -2.32. The normalized spacial score (nSPS) is 20.8. The Labute approximate surface area is 91.4 Å². The van der Waals surface area contributed by atoms with E-state index in [4.69, 9.17) is 5.11 Å². The lowest BCUT2D eigenvalue weighted by molar-refractivity contribution is -0.143. The number of rotatable bonds is 2. The van der Waals surface area contributed by atoms with Crippen LogP contribution in [0, 0.1) is 0 Å². The topological polar surface area (TPSA) is 99.2 Å². The number of carbonyl (C=O) groups excluding carboxylic acids is 1. The number of aliphatic carboxylic acids is 1. The Hall–Kier alpha value is -1.92. The fraction of sp³-hybridized carbons (Fsp3) is 0.556. The van der Waals surface area contributed by atoms with Gasteiger partial charge < -0.3 is 10.0 Å². The van der Waals surface area contributed by atoms with Crippen molar-refractivity contribution in [1.82, 2.24) is 20.3 Å². The summed E-state index contributed by atoms with van der Waals surface area (Å²) in [4.78, 5) is 24.3. The van der Waals surface area contributed by atoms with Crippen LogP contribution in [-0.4, -0.2) is 49.9 Å². The van der Waals surface area contributed by atoms with Crippen LogP contribution >= 0.6 is 0 Å². The van der Waals surface area contributed by atoms with E-state index in [-0.39, 0.29) is 11.6 Å². The second kappa shape index (κ2) is 4.30. The maximum Gasteiger partial charge on any atom is 0.326 e. The third-order valence-electron chi connectivity index (χ3n) is 2.68. The molecule has 2 heterocycles. The average Bonchev–Trinajstić information content (AvgIpc) is 2.81. The number of carboxylic acids is 1. The first-order valence-electron chi connectivity index (χ1n) is 5.09. The van der Waals surface area contributed by atoms with E-state index < -0.39 is 12.0 Å². The Balaban J connectivity index is 2.17. The summed E-state index contributed by atoms with van der Waals surface area (Å²) in [5.41, 5.74) is 0.160. The van der Waals surface area contributed by atoms with Crippen molar-refractivity contribution in [1.29, 1.82) is 0 Å². The zero-order valence-electron chi connectivity index (χ0n) is 8.59. The average molecular weight is 224 g/mol. The van der Waals surface area contributed by atoms with Crippen molar-refractivity contribution >= 4 is 11.9 Å². The number of carboxylic acid groups (broad SMARTS) is 1. The number of hydrogen-bond donors (Lipinski definition) is 2. The van der Waals surface area contributed by atoms with Gasteiger partial charge in [-0.3, -0.25) is 4.79 Å². The first kappa shape index (κ1) is 10.6. The Bertz CT molecular complexity index is 389. The third-order valence-corrected chi connectivity index (χ3v) is 2.68. The van der Waals surface area contributed by atoms with E-state index in [1.54, 1.807) is 0 Å².